The van der Waals surface area contributed by atoms with Crippen molar-refractivity contribution in [2.24, 2.45) is 0 Å². The Bertz CT molecular complexity index is 751. The quantitative estimate of drug-likeness (QED) is 0.779. The number of hydrogen-bond donors (Lipinski definition) is 1. The number of nitrogens with one attached hydrogen (secondary N) is 1. The van der Waals surface area contributed by atoms with Crippen LogP contribution in [-0.2, 0) is 6.61 Å². The molecule has 19 heavy (non-hydrogen) atoms. The highest BCUT2D eigenvalue weighted by Crippen LogP contribution is 2.10. The zero-order valence-corrected chi connectivity index (χ0v) is 10.2. The summed E-state index contributed by atoms with van der Waals surface area (Å²) in [7, 11) is 0. The van der Waals surface area contributed by atoms with Crippen molar-refractivity contribution in [2.75, 3.05) is 0 Å². The lowest BCUT2D eigenvalue weighted by Gasteiger charge is -2.05. The molecule has 1 aromatic heterocycles. The lowest BCUT2D eigenvalue weighted by Crippen LogP contribution is -2.10. The molecule has 3 aromatic rings. The molecule has 0 bridgehead atoms. The van der Waals surface area contributed by atoms with Gasteiger partial charge in [0.2, 0.25) is 0 Å². The Labute approximate surface area is 109 Å². The van der Waals surface area contributed by atoms with E-state index in [1.54, 1.807) is 12.1 Å². The molecule has 0 aliphatic heterocycles. The first-order chi connectivity index (χ1) is 9.33. The van der Waals surface area contributed by atoms with Crippen LogP contribution in [0.1, 0.15) is 5.56 Å². The summed E-state index contributed by atoms with van der Waals surface area (Å²) in [5, 5.41) is 0.564. The third-order valence-corrected chi connectivity index (χ3v) is 2.81. The van der Waals surface area contributed by atoms with Crippen LogP contribution in [0.5, 0.6) is 6.01 Å². The van der Waals surface area contributed by atoms with Gasteiger partial charge in [-0.05, 0) is 17.7 Å². The first-order valence-electron chi connectivity index (χ1n) is 5.99. The summed E-state index contributed by atoms with van der Waals surface area (Å²) in [6.07, 6.45) is 0. The molecule has 2 aromatic carbocycles. The van der Waals surface area contributed by atoms with E-state index >= 15 is 0 Å². The standard InChI is InChI=1S/C15H12N2O2/c18-14-12-8-4-5-9-13(12)16-15(17-14)19-10-11-6-2-1-3-7-11/h1-9H,10H2,(H,16,17,18). The number of nitrogens with zero attached hydrogens (tertiary/aromatic N) is 1. The lowest BCUT2D eigenvalue weighted by atomic mass is 10.2. The molecule has 0 atom stereocenters. The average Bonchev–Trinajstić information content (AvgIpc) is 2.46. The number of H-pyrrole nitrogens is 1. The van der Waals surface area contributed by atoms with E-state index in [4.69, 9.17) is 4.74 Å². The highest BCUT2D eigenvalue weighted by atomic mass is 16.5. The number of benzene rings is 2. The minimum absolute atomic E-state index is 0.186. The third kappa shape index (κ3) is 2.47. The van der Waals surface area contributed by atoms with Crippen LogP contribution in [0.25, 0.3) is 10.9 Å². The predicted molar refractivity (Wildman–Crippen MR) is 73.1 cm³/mol. The molecule has 1 N–H and O–H groups in total. The minimum atomic E-state index is -0.186. The molecule has 0 saturated heterocycles. The molecule has 1 heterocycles. The van der Waals surface area contributed by atoms with Crippen molar-refractivity contribution < 1.29 is 4.74 Å². The van der Waals surface area contributed by atoms with Crippen LogP contribution in [0.4, 0.5) is 0 Å². The van der Waals surface area contributed by atoms with Crippen LogP contribution in [-0.4, -0.2) is 9.97 Å². The van der Waals surface area contributed by atoms with Crippen molar-refractivity contribution >= 4 is 10.9 Å². The van der Waals surface area contributed by atoms with Gasteiger partial charge in [-0.25, -0.2) is 0 Å². The summed E-state index contributed by atoms with van der Waals surface area (Å²) in [5.41, 5.74) is 1.47. The molecular formula is C15H12N2O2. The fraction of sp³-hybridized carbons (Fsp3) is 0.0667. The SMILES string of the molecule is O=c1[nH]c(OCc2ccccc2)nc2ccccc12. The number of aromatic nitrogens is 2. The summed E-state index contributed by atoms with van der Waals surface area (Å²) in [4.78, 5) is 18.7. The Balaban J connectivity index is 1.88. The third-order valence-electron chi connectivity index (χ3n) is 2.81. The smallest absolute Gasteiger partial charge is 0.297 e. The molecule has 0 aliphatic carbocycles. The van der Waals surface area contributed by atoms with Crippen LogP contribution >= 0.6 is 0 Å². The Morgan fingerprint density at radius 2 is 1.74 bits per heavy atom. The van der Waals surface area contributed by atoms with Crippen molar-refractivity contribution in [1.82, 2.24) is 9.97 Å². The van der Waals surface area contributed by atoms with Crippen molar-refractivity contribution in [3.8, 4) is 6.01 Å². The number of para-hydroxylation sites is 1. The van der Waals surface area contributed by atoms with Crippen LogP contribution in [0.3, 0.4) is 0 Å². The highest BCUT2D eigenvalue weighted by molar-refractivity contribution is 5.77. The van der Waals surface area contributed by atoms with Gasteiger partial charge in [-0.3, -0.25) is 9.78 Å². The van der Waals surface area contributed by atoms with Gasteiger partial charge in [0.05, 0.1) is 10.9 Å². The number of aromatic amines is 1. The molecule has 0 amide bonds. The Morgan fingerprint density at radius 3 is 2.58 bits per heavy atom. The number of ether oxygens (including phenoxy) is 1. The molecule has 94 valence electrons. The topological polar surface area (TPSA) is 55.0 Å². The van der Waals surface area contributed by atoms with Gasteiger partial charge in [-0.2, -0.15) is 4.98 Å². The van der Waals surface area contributed by atoms with Gasteiger partial charge in [0.1, 0.15) is 6.61 Å². The molecule has 4 heteroatoms. The monoisotopic (exact) mass is 252 g/mol. The average molecular weight is 252 g/mol. The van der Waals surface area contributed by atoms with Gasteiger partial charge < -0.3 is 4.74 Å². The molecule has 0 aliphatic rings. The zero-order valence-electron chi connectivity index (χ0n) is 10.2. The maximum atomic E-state index is 11.8. The molecule has 3 rings (SSSR count). The van der Waals surface area contributed by atoms with Crippen molar-refractivity contribution in [2.45, 2.75) is 6.61 Å². The van der Waals surface area contributed by atoms with Crippen molar-refractivity contribution in [3.63, 3.8) is 0 Å². The van der Waals surface area contributed by atoms with Gasteiger partial charge >= 0.3 is 0 Å². The maximum Gasteiger partial charge on any atom is 0.297 e. The van der Waals surface area contributed by atoms with Gasteiger partial charge in [-0.15, -0.1) is 0 Å². The van der Waals surface area contributed by atoms with E-state index in [1.807, 2.05) is 42.5 Å². The van der Waals surface area contributed by atoms with Crippen molar-refractivity contribution in [3.05, 3.63) is 70.5 Å². The lowest BCUT2D eigenvalue weighted by molar-refractivity contribution is 0.281. The van der Waals surface area contributed by atoms with E-state index in [9.17, 15) is 4.79 Å². The van der Waals surface area contributed by atoms with E-state index < -0.39 is 0 Å². The van der Waals surface area contributed by atoms with Crippen LogP contribution in [0, 0.1) is 0 Å². The number of fused-ring (bicyclic) bond motifs is 1. The van der Waals surface area contributed by atoms with Crippen molar-refractivity contribution in [1.29, 1.82) is 0 Å². The van der Waals surface area contributed by atoms with Crippen LogP contribution in [0.2, 0.25) is 0 Å². The van der Waals surface area contributed by atoms with Gasteiger partial charge in [0, 0.05) is 0 Å². The maximum absolute atomic E-state index is 11.8. The highest BCUT2D eigenvalue weighted by Gasteiger charge is 2.03. The van der Waals surface area contributed by atoms with Crippen LogP contribution in [0.15, 0.2) is 59.4 Å². The predicted octanol–water partition coefficient (Wildman–Crippen LogP) is 2.50. The van der Waals surface area contributed by atoms with E-state index in [0.29, 0.717) is 17.5 Å². The summed E-state index contributed by atoms with van der Waals surface area (Å²) < 4.78 is 5.51. The molecule has 0 spiro atoms. The van der Waals surface area contributed by atoms with E-state index in [2.05, 4.69) is 9.97 Å². The van der Waals surface area contributed by atoms with E-state index in [0.717, 1.165) is 5.56 Å². The van der Waals surface area contributed by atoms with E-state index in [1.165, 1.54) is 0 Å². The van der Waals surface area contributed by atoms with Gasteiger partial charge in [0.25, 0.3) is 11.6 Å². The Morgan fingerprint density at radius 1 is 1.00 bits per heavy atom. The summed E-state index contributed by atoms with van der Waals surface area (Å²) in [5.74, 6) is 0. The van der Waals surface area contributed by atoms with Gasteiger partial charge in [0.15, 0.2) is 0 Å². The molecule has 4 nitrogen and oxygen atoms in total. The summed E-state index contributed by atoms with van der Waals surface area (Å²) in [6, 6.07) is 17.2. The fourth-order valence-electron chi connectivity index (χ4n) is 1.86. The normalized spacial score (nSPS) is 10.5. The second-order valence-corrected chi connectivity index (χ2v) is 4.16. The molecular weight excluding hydrogens is 240 g/mol. The number of rotatable bonds is 3. The minimum Gasteiger partial charge on any atom is -0.460 e. The molecule has 0 unspecified atom stereocenters. The molecule has 0 fully saturated rings. The first-order valence-corrected chi connectivity index (χ1v) is 5.99. The Kier molecular flexibility index (Phi) is 2.98. The van der Waals surface area contributed by atoms with Crippen LogP contribution < -0.4 is 10.3 Å². The fourth-order valence-corrected chi connectivity index (χ4v) is 1.86. The Hall–Kier alpha value is -2.62. The summed E-state index contributed by atoms with van der Waals surface area (Å²) in [6.45, 7) is 0.377. The van der Waals surface area contributed by atoms with Gasteiger partial charge in [-0.1, -0.05) is 42.5 Å². The zero-order chi connectivity index (χ0) is 13.1. The second-order valence-electron chi connectivity index (χ2n) is 4.16. The largest absolute Gasteiger partial charge is 0.460 e. The molecule has 0 radical (unpaired) electrons. The van der Waals surface area contributed by atoms with E-state index in [-0.39, 0.29) is 11.6 Å². The molecule has 0 saturated carbocycles. The first kappa shape index (κ1) is 11.5. The summed E-state index contributed by atoms with van der Waals surface area (Å²) >= 11 is 0. The second kappa shape index (κ2) is 4.94. The number of hydrogen-bond acceptors (Lipinski definition) is 3.